The summed E-state index contributed by atoms with van der Waals surface area (Å²) < 4.78 is 26.5. The number of thioether (sulfide) groups is 1. The van der Waals surface area contributed by atoms with Crippen LogP contribution in [0.2, 0.25) is 0 Å². The largest absolute Gasteiger partial charge is 0.312 e. The van der Waals surface area contributed by atoms with Crippen molar-refractivity contribution >= 4 is 32.4 Å². The lowest BCUT2D eigenvalue weighted by Gasteiger charge is -2.02. The Balaban J connectivity index is 1.74. The number of hydrogen-bond acceptors (Lipinski definition) is 5. The molecule has 7 heteroatoms. The maximum Gasteiger partial charge on any atom is 0.199 e. The first-order chi connectivity index (χ1) is 11.1. The lowest BCUT2D eigenvalue weighted by molar-refractivity contribution is 0.604. The van der Waals surface area contributed by atoms with Crippen molar-refractivity contribution in [3.05, 3.63) is 60.3 Å². The van der Waals surface area contributed by atoms with E-state index in [1.807, 2.05) is 37.4 Å². The molecule has 0 radical (unpaired) electrons. The first-order valence-electron chi connectivity index (χ1n) is 6.93. The molecule has 0 unspecified atom stereocenters. The molecule has 0 atom stereocenters. The molecule has 0 N–H and O–H groups in total. The van der Waals surface area contributed by atoms with Crippen molar-refractivity contribution < 1.29 is 8.42 Å². The van der Waals surface area contributed by atoms with Gasteiger partial charge in [0.2, 0.25) is 0 Å². The molecule has 3 aromatic rings. The molecule has 23 heavy (non-hydrogen) atoms. The summed E-state index contributed by atoms with van der Waals surface area (Å²) >= 11 is 1.43. The monoisotopic (exact) mass is 345 g/mol. The van der Waals surface area contributed by atoms with E-state index in [-0.39, 0.29) is 0 Å². The first kappa shape index (κ1) is 15.8. The van der Waals surface area contributed by atoms with Crippen LogP contribution in [0.15, 0.2) is 70.3 Å². The number of fused-ring (bicyclic) bond motifs is 1. The second-order valence-electron chi connectivity index (χ2n) is 4.96. The second-order valence-corrected chi connectivity index (χ2v) is 7.78. The average molecular weight is 345 g/mol. The van der Waals surface area contributed by atoms with Crippen LogP contribution in [0.5, 0.6) is 0 Å². The molecule has 118 valence electrons. The molecule has 0 aliphatic rings. The summed E-state index contributed by atoms with van der Waals surface area (Å²) in [4.78, 5) is 0.302. The summed E-state index contributed by atoms with van der Waals surface area (Å²) in [5.41, 5.74) is 0. The zero-order chi connectivity index (χ0) is 16.3. The number of aromatic nitrogens is 3. The minimum Gasteiger partial charge on any atom is -0.312 e. The highest BCUT2D eigenvalue weighted by atomic mass is 32.2. The fourth-order valence-corrected chi connectivity index (χ4v) is 3.99. The van der Waals surface area contributed by atoms with Gasteiger partial charge in [-0.1, -0.05) is 48.2 Å². The van der Waals surface area contributed by atoms with Crippen LogP contribution < -0.4 is 0 Å². The number of nitrogens with zero attached hydrogens (tertiary/aromatic N) is 3. The maximum atomic E-state index is 12.4. The molecule has 2 aromatic carbocycles. The molecule has 0 amide bonds. The zero-order valence-corrected chi connectivity index (χ0v) is 14.1. The highest BCUT2D eigenvalue weighted by molar-refractivity contribution is 7.99. The lowest BCUT2D eigenvalue weighted by Crippen LogP contribution is -1.96. The van der Waals surface area contributed by atoms with E-state index in [4.69, 9.17) is 0 Å². The van der Waals surface area contributed by atoms with Crippen LogP contribution in [-0.2, 0) is 16.9 Å². The molecule has 0 saturated heterocycles. The predicted molar refractivity (Wildman–Crippen MR) is 92.0 cm³/mol. The third kappa shape index (κ3) is 3.62. The first-order valence-corrected chi connectivity index (χ1v) is 9.47. The van der Waals surface area contributed by atoms with Crippen LogP contribution in [-0.4, -0.2) is 28.9 Å². The van der Waals surface area contributed by atoms with Gasteiger partial charge < -0.3 is 4.57 Å². The van der Waals surface area contributed by atoms with Gasteiger partial charge in [0.25, 0.3) is 0 Å². The van der Waals surface area contributed by atoms with Gasteiger partial charge in [0.15, 0.2) is 15.0 Å². The van der Waals surface area contributed by atoms with Gasteiger partial charge in [-0.15, -0.1) is 10.2 Å². The van der Waals surface area contributed by atoms with E-state index < -0.39 is 9.84 Å². The quantitative estimate of drug-likeness (QED) is 0.665. The molecule has 0 spiro atoms. The summed E-state index contributed by atoms with van der Waals surface area (Å²) in [5, 5.41) is 11.6. The van der Waals surface area contributed by atoms with Gasteiger partial charge in [-0.2, -0.15) is 0 Å². The molecule has 0 aliphatic carbocycles. The highest BCUT2D eigenvalue weighted by Crippen LogP contribution is 2.21. The van der Waals surface area contributed by atoms with E-state index in [0.29, 0.717) is 10.6 Å². The van der Waals surface area contributed by atoms with Crippen molar-refractivity contribution in [2.45, 2.75) is 10.1 Å². The van der Waals surface area contributed by atoms with Crippen molar-refractivity contribution in [2.24, 2.45) is 7.05 Å². The van der Waals surface area contributed by atoms with Gasteiger partial charge in [-0.05, 0) is 22.9 Å². The Bertz CT molecular complexity index is 962. The topological polar surface area (TPSA) is 64.8 Å². The van der Waals surface area contributed by atoms with Gasteiger partial charge in [-0.25, -0.2) is 8.42 Å². The Morgan fingerprint density at radius 1 is 1.17 bits per heavy atom. The van der Waals surface area contributed by atoms with E-state index in [9.17, 15) is 8.42 Å². The Morgan fingerprint density at radius 3 is 2.70 bits per heavy atom. The predicted octanol–water partition coefficient (Wildman–Crippen LogP) is 3.05. The molecule has 0 fully saturated rings. The Morgan fingerprint density at radius 2 is 1.96 bits per heavy atom. The molecule has 5 nitrogen and oxygen atoms in total. The number of rotatable bonds is 5. The standard InChI is InChI=1S/C16H15N3O2S2/c1-19-12-17-18-16(19)22-9-4-10-23(20,21)15-8-7-13-5-2-3-6-14(13)11-15/h2-8,10-12H,9H2,1H3. The van der Waals surface area contributed by atoms with Crippen molar-refractivity contribution in [1.29, 1.82) is 0 Å². The highest BCUT2D eigenvalue weighted by Gasteiger charge is 2.10. The molecule has 0 aliphatic heterocycles. The third-order valence-corrected chi connectivity index (χ3v) is 5.75. The third-order valence-electron chi connectivity index (χ3n) is 3.30. The molecule has 0 saturated carbocycles. The molecule has 1 heterocycles. The van der Waals surface area contributed by atoms with E-state index in [1.54, 1.807) is 29.1 Å². The molecule has 1 aromatic heterocycles. The second kappa shape index (κ2) is 6.55. The van der Waals surface area contributed by atoms with Gasteiger partial charge in [0.1, 0.15) is 6.33 Å². The van der Waals surface area contributed by atoms with Crippen LogP contribution in [0, 0.1) is 0 Å². The SMILES string of the molecule is Cn1cnnc1SCC=CS(=O)(=O)c1ccc2ccccc2c1. The van der Waals surface area contributed by atoms with Crippen molar-refractivity contribution in [3.63, 3.8) is 0 Å². The van der Waals surface area contributed by atoms with Crippen LogP contribution in [0.1, 0.15) is 0 Å². The molecular weight excluding hydrogens is 330 g/mol. The summed E-state index contributed by atoms with van der Waals surface area (Å²) in [6, 6.07) is 12.8. The Hall–Kier alpha value is -2.12. The van der Waals surface area contributed by atoms with Crippen molar-refractivity contribution in [3.8, 4) is 0 Å². The fourth-order valence-electron chi connectivity index (χ4n) is 2.11. The maximum absolute atomic E-state index is 12.4. The van der Waals surface area contributed by atoms with Crippen molar-refractivity contribution in [1.82, 2.24) is 14.8 Å². The Kier molecular flexibility index (Phi) is 4.49. The lowest BCUT2D eigenvalue weighted by atomic mass is 10.1. The van der Waals surface area contributed by atoms with E-state index in [0.717, 1.165) is 15.9 Å². The van der Waals surface area contributed by atoms with Gasteiger partial charge >= 0.3 is 0 Å². The molecular formula is C16H15N3O2S2. The van der Waals surface area contributed by atoms with Gasteiger partial charge in [0.05, 0.1) is 4.90 Å². The normalized spacial score (nSPS) is 12.2. The molecule has 3 rings (SSSR count). The van der Waals surface area contributed by atoms with E-state index in [2.05, 4.69) is 10.2 Å². The number of sulfone groups is 1. The van der Waals surface area contributed by atoms with Crippen LogP contribution in [0.25, 0.3) is 10.8 Å². The minimum absolute atomic E-state index is 0.302. The van der Waals surface area contributed by atoms with E-state index >= 15 is 0 Å². The van der Waals surface area contributed by atoms with Crippen molar-refractivity contribution in [2.75, 3.05) is 5.75 Å². The van der Waals surface area contributed by atoms with E-state index in [1.165, 1.54) is 17.2 Å². The number of aryl methyl sites for hydroxylation is 1. The summed E-state index contributed by atoms with van der Waals surface area (Å²) in [6.07, 6.45) is 3.24. The fraction of sp³-hybridized carbons (Fsp3) is 0.125. The van der Waals surface area contributed by atoms with Crippen LogP contribution >= 0.6 is 11.8 Å². The summed E-state index contributed by atoms with van der Waals surface area (Å²) in [6.45, 7) is 0. The zero-order valence-electron chi connectivity index (χ0n) is 12.5. The Labute approximate surface area is 139 Å². The summed E-state index contributed by atoms with van der Waals surface area (Å²) in [7, 11) is -1.59. The number of benzene rings is 2. The molecule has 0 bridgehead atoms. The van der Waals surface area contributed by atoms with Gasteiger partial charge in [-0.3, -0.25) is 0 Å². The van der Waals surface area contributed by atoms with Crippen LogP contribution in [0.3, 0.4) is 0 Å². The smallest absolute Gasteiger partial charge is 0.199 e. The number of hydrogen-bond donors (Lipinski definition) is 0. The van der Waals surface area contributed by atoms with Gasteiger partial charge in [0, 0.05) is 18.2 Å². The minimum atomic E-state index is -3.44. The van der Waals surface area contributed by atoms with Crippen LogP contribution in [0.4, 0.5) is 0 Å². The average Bonchev–Trinajstić information content (AvgIpc) is 2.96. The summed E-state index contributed by atoms with van der Waals surface area (Å²) in [5.74, 6) is 0.513.